The summed E-state index contributed by atoms with van der Waals surface area (Å²) in [6, 6.07) is 8.88. The minimum Gasteiger partial charge on any atom is -0.361 e. The van der Waals surface area contributed by atoms with Crippen LogP contribution in [0.25, 0.3) is 0 Å². The van der Waals surface area contributed by atoms with Gasteiger partial charge in [0.05, 0.1) is 0 Å². The van der Waals surface area contributed by atoms with Crippen LogP contribution in [0.1, 0.15) is 52.4 Å². The molecule has 2 amide bonds. The van der Waals surface area contributed by atoms with Crippen LogP contribution < -0.4 is 10.6 Å². The average molecular weight is 315 g/mol. The van der Waals surface area contributed by atoms with Gasteiger partial charge in [-0.25, -0.2) is 0 Å². The SMILES string of the molecule is CC[C@H](C)NC(=O)c1cccc(CNC(=O)c2cc(C)on2)c1. The quantitative estimate of drug-likeness (QED) is 0.857. The van der Waals surface area contributed by atoms with E-state index in [1.165, 1.54) is 0 Å². The molecule has 0 aliphatic carbocycles. The summed E-state index contributed by atoms with van der Waals surface area (Å²) in [5, 5.41) is 9.34. The van der Waals surface area contributed by atoms with Gasteiger partial charge in [-0.1, -0.05) is 24.2 Å². The second-order valence-corrected chi connectivity index (χ2v) is 5.49. The van der Waals surface area contributed by atoms with E-state index in [0.29, 0.717) is 17.9 Å². The van der Waals surface area contributed by atoms with Gasteiger partial charge in [-0.15, -0.1) is 0 Å². The van der Waals surface area contributed by atoms with Gasteiger partial charge < -0.3 is 15.2 Å². The van der Waals surface area contributed by atoms with Crippen LogP contribution in [0.2, 0.25) is 0 Å². The first kappa shape index (κ1) is 16.7. The third kappa shape index (κ3) is 4.67. The Morgan fingerprint density at radius 3 is 2.70 bits per heavy atom. The summed E-state index contributed by atoms with van der Waals surface area (Å²) in [5.41, 5.74) is 1.66. The Bertz CT molecular complexity index is 694. The van der Waals surface area contributed by atoms with E-state index < -0.39 is 0 Å². The van der Waals surface area contributed by atoms with Gasteiger partial charge in [0, 0.05) is 24.2 Å². The Morgan fingerprint density at radius 2 is 2.04 bits per heavy atom. The predicted octanol–water partition coefficient (Wildman–Crippen LogP) is 2.44. The lowest BCUT2D eigenvalue weighted by Crippen LogP contribution is -2.32. The summed E-state index contributed by atoms with van der Waals surface area (Å²) in [5.74, 6) is 0.162. The minimum atomic E-state index is -0.309. The van der Waals surface area contributed by atoms with Crippen molar-refractivity contribution in [3.8, 4) is 0 Å². The van der Waals surface area contributed by atoms with Crippen molar-refractivity contribution in [3.63, 3.8) is 0 Å². The summed E-state index contributed by atoms with van der Waals surface area (Å²) >= 11 is 0. The number of aryl methyl sites for hydroxylation is 1. The highest BCUT2D eigenvalue weighted by molar-refractivity contribution is 5.94. The maximum absolute atomic E-state index is 12.1. The van der Waals surface area contributed by atoms with Crippen molar-refractivity contribution in [3.05, 3.63) is 52.9 Å². The predicted molar refractivity (Wildman–Crippen MR) is 86.1 cm³/mol. The normalized spacial score (nSPS) is 11.8. The summed E-state index contributed by atoms with van der Waals surface area (Å²) in [4.78, 5) is 24.0. The molecular weight excluding hydrogens is 294 g/mol. The standard InChI is InChI=1S/C17H21N3O3/c1-4-11(2)19-16(21)14-7-5-6-13(9-14)10-18-17(22)15-8-12(3)23-20-15/h5-9,11H,4,10H2,1-3H3,(H,18,22)(H,19,21)/t11-/m0/s1. The van der Waals surface area contributed by atoms with Crippen molar-refractivity contribution in [1.29, 1.82) is 0 Å². The molecule has 2 aromatic rings. The van der Waals surface area contributed by atoms with Gasteiger partial charge in [-0.2, -0.15) is 0 Å². The van der Waals surface area contributed by atoms with Gasteiger partial charge in [0.25, 0.3) is 11.8 Å². The van der Waals surface area contributed by atoms with Crippen molar-refractivity contribution < 1.29 is 14.1 Å². The van der Waals surface area contributed by atoms with Crippen LogP contribution in [0, 0.1) is 6.92 Å². The largest absolute Gasteiger partial charge is 0.361 e. The highest BCUT2D eigenvalue weighted by Crippen LogP contribution is 2.07. The van der Waals surface area contributed by atoms with Crippen LogP contribution >= 0.6 is 0 Å². The number of nitrogens with zero attached hydrogens (tertiary/aromatic N) is 1. The van der Waals surface area contributed by atoms with Crippen LogP contribution in [0.5, 0.6) is 0 Å². The second-order valence-electron chi connectivity index (χ2n) is 5.49. The molecule has 0 saturated heterocycles. The first-order valence-corrected chi connectivity index (χ1v) is 7.61. The number of benzene rings is 1. The number of carbonyl (C=O) groups is 2. The molecule has 2 rings (SSSR count). The topological polar surface area (TPSA) is 84.2 Å². The lowest BCUT2D eigenvalue weighted by molar-refractivity contribution is 0.0934. The van der Waals surface area contributed by atoms with Crippen LogP contribution in [-0.2, 0) is 6.54 Å². The molecule has 1 aromatic heterocycles. The van der Waals surface area contributed by atoms with E-state index in [2.05, 4.69) is 15.8 Å². The molecule has 122 valence electrons. The number of hydrogen-bond donors (Lipinski definition) is 2. The van der Waals surface area contributed by atoms with Crippen LogP contribution in [-0.4, -0.2) is 23.0 Å². The molecule has 1 atom stereocenters. The number of carbonyl (C=O) groups excluding carboxylic acids is 2. The average Bonchev–Trinajstić information content (AvgIpc) is 2.99. The molecule has 6 nitrogen and oxygen atoms in total. The van der Waals surface area contributed by atoms with Gasteiger partial charge in [0.1, 0.15) is 5.76 Å². The van der Waals surface area contributed by atoms with Gasteiger partial charge >= 0.3 is 0 Å². The molecule has 1 heterocycles. The summed E-state index contributed by atoms with van der Waals surface area (Å²) in [7, 11) is 0. The molecule has 0 spiro atoms. The van der Waals surface area contributed by atoms with Gasteiger partial charge in [0.2, 0.25) is 0 Å². The summed E-state index contributed by atoms with van der Waals surface area (Å²) in [6.45, 7) is 6.02. The van der Waals surface area contributed by atoms with Gasteiger partial charge in [-0.05, 0) is 38.0 Å². The second kappa shape index (κ2) is 7.58. The molecule has 1 aromatic carbocycles. The Kier molecular flexibility index (Phi) is 5.51. The molecule has 0 bridgehead atoms. The molecule has 23 heavy (non-hydrogen) atoms. The van der Waals surface area contributed by atoms with Crippen molar-refractivity contribution in [1.82, 2.24) is 15.8 Å². The Labute approximate surface area is 135 Å². The lowest BCUT2D eigenvalue weighted by Gasteiger charge is -2.12. The van der Waals surface area contributed by atoms with Gasteiger partial charge in [-0.3, -0.25) is 9.59 Å². The van der Waals surface area contributed by atoms with Crippen LogP contribution in [0.4, 0.5) is 0 Å². The molecule has 0 fully saturated rings. The summed E-state index contributed by atoms with van der Waals surface area (Å²) < 4.78 is 4.87. The number of nitrogens with one attached hydrogen (secondary N) is 2. The molecule has 6 heteroatoms. The van der Waals surface area contributed by atoms with E-state index in [9.17, 15) is 9.59 Å². The molecule has 0 unspecified atom stereocenters. The van der Waals surface area contributed by atoms with E-state index in [1.807, 2.05) is 19.9 Å². The zero-order chi connectivity index (χ0) is 16.8. The Hall–Kier alpha value is -2.63. The van der Waals surface area contributed by atoms with E-state index in [0.717, 1.165) is 12.0 Å². The number of hydrogen-bond acceptors (Lipinski definition) is 4. The van der Waals surface area contributed by atoms with Gasteiger partial charge in [0.15, 0.2) is 5.69 Å². The molecule has 0 saturated carbocycles. The maximum atomic E-state index is 12.1. The monoisotopic (exact) mass is 315 g/mol. The number of amides is 2. The maximum Gasteiger partial charge on any atom is 0.273 e. The number of rotatable bonds is 6. The third-order valence-electron chi connectivity index (χ3n) is 3.49. The fourth-order valence-electron chi connectivity index (χ4n) is 1.98. The first-order valence-electron chi connectivity index (χ1n) is 7.61. The highest BCUT2D eigenvalue weighted by atomic mass is 16.5. The lowest BCUT2D eigenvalue weighted by atomic mass is 10.1. The van der Waals surface area contributed by atoms with Crippen molar-refractivity contribution in [2.45, 2.75) is 39.8 Å². The Morgan fingerprint density at radius 1 is 1.26 bits per heavy atom. The third-order valence-corrected chi connectivity index (χ3v) is 3.49. The van der Waals surface area contributed by atoms with Crippen LogP contribution in [0.15, 0.2) is 34.9 Å². The van der Waals surface area contributed by atoms with Crippen molar-refractivity contribution in [2.24, 2.45) is 0 Å². The molecule has 2 N–H and O–H groups in total. The van der Waals surface area contributed by atoms with Crippen LogP contribution in [0.3, 0.4) is 0 Å². The fraction of sp³-hybridized carbons (Fsp3) is 0.353. The Balaban J connectivity index is 1.97. The first-order chi connectivity index (χ1) is 11.0. The van der Waals surface area contributed by atoms with E-state index in [4.69, 9.17) is 4.52 Å². The molecular formula is C17H21N3O3. The molecule has 0 radical (unpaired) electrons. The summed E-state index contributed by atoms with van der Waals surface area (Å²) in [6.07, 6.45) is 0.874. The van der Waals surface area contributed by atoms with E-state index in [-0.39, 0.29) is 23.6 Å². The van der Waals surface area contributed by atoms with Crippen molar-refractivity contribution in [2.75, 3.05) is 0 Å². The smallest absolute Gasteiger partial charge is 0.273 e. The minimum absolute atomic E-state index is 0.111. The fourth-order valence-corrected chi connectivity index (χ4v) is 1.98. The zero-order valence-corrected chi connectivity index (χ0v) is 13.6. The van der Waals surface area contributed by atoms with E-state index in [1.54, 1.807) is 31.2 Å². The highest BCUT2D eigenvalue weighted by Gasteiger charge is 2.12. The molecule has 0 aliphatic rings. The van der Waals surface area contributed by atoms with Crippen molar-refractivity contribution >= 4 is 11.8 Å². The number of aromatic nitrogens is 1. The molecule has 0 aliphatic heterocycles. The zero-order valence-electron chi connectivity index (χ0n) is 13.6. The van der Waals surface area contributed by atoms with E-state index >= 15 is 0 Å².